The van der Waals surface area contributed by atoms with Gasteiger partial charge in [-0.3, -0.25) is 9.59 Å². The smallest absolute Gasteiger partial charge is 0.305 e. The molecule has 17 heavy (non-hydrogen) atoms. The Labute approximate surface area is 99.2 Å². The molecule has 0 fully saturated rings. The fraction of sp³-hybridized carbons (Fsp3) is 0.545. The Hall–Kier alpha value is -1.85. The van der Waals surface area contributed by atoms with Crippen LogP contribution in [0.3, 0.4) is 0 Å². The summed E-state index contributed by atoms with van der Waals surface area (Å²) < 4.78 is 4.79. The zero-order chi connectivity index (χ0) is 13.1. The van der Waals surface area contributed by atoms with E-state index in [0.29, 0.717) is 0 Å². The third-order valence-corrected chi connectivity index (χ3v) is 2.25. The van der Waals surface area contributed by atoms with Crippen molar-refractivity contribution in [1.82, 2.24) is 10.1 Å². The summed E-state index contributed by atoms with van der Waals surface area (Å²) in [5.41, 5.74) is -0.473. The minimum absolute atomic E-state index is 0.100. The molecule has 1 aromatic rings. The Morgan fingerprint density at radius 2 is 2.12 bits per heavy atom. The van der Waals surface area contributed by atoms with Crippen LogP contribution in [-0.4, -0.2) is 39.1 Å². The number of amides is 1. The van der Waals surface area contributed by atoms with Gasteiger partial charge in [0.1, 0.15) is 0 Å². The Balaban J connectivity index is 2.84. The molecule has 1 heterocycles. The van der Waals surface area contributed by atoms with Crippen molar-refractivity contribution in [2.75, 3.05) is 6.54 Å². The molecule has 6 heteroatoms. The number of carbonyl (C=O) groups excluding carboxylic acids is 1. The van der Waals surface area contributed by atoms with Crippen LogP contribution in [0.15, 0.2) is 16.8 Å². The maximum Gasteiger partial charge on any atom is 0.305 e. The zero-order valence-electron chi connectivity index (χ0n) is 10.1. The molecule has 0 atom stereocenters. The van der Waals surface area contributed by atoms with E-state index in [0.717, 1.165) is 0 Å². The van der Waals surface area contributed by atoms with Crippen molar-refractivity contribution in [3.63, 3.8) is 0 Å². The Morgan fingerprint density at radius 1 is 1.47 bits per heavy atom. The molecule has 0 saturated carbocycles. The largest absolute Gasteiger partial charge is 0.481 e. The standard InChI is InChI=1S/C11H16N2O4/c1-11(2,3)13(7-5-9(14)15)10(16)8-4-6-12-17-8/h4,6H,5,7H2,1-3H3,(H,14,15). The van der Waals surface area contributed by atoms with Crippen molar-refractivity contribution < 1.29 is 19.2 Å². The highest BCUT2D eigenvalue weighted by molar-refractivity contribution is 5.92. The number of rotatable bonds is 4. The van der Waals surface area contributed by atoms with Crippen LogP contribution in [0.25, 0.3) is 0 Å². The third-order valence-electron chi connectivity index (χ3n) is 2.25. The van der Waals surface area contributed by atoms with Crippen LogP contribution in [0.4, 0.5) is 0 Å². The van der Waals surface area contributed by atoms with Gasteiger partial charge in [0.25, 0.3) is 5.91 Å². The van der Waals surface area contributed by atoms with Gasteiger partial charge in [-0.15, -0.1) is 0 Å². The molecular formula is C11H16N2O4. The van der Waals surface area contributed by atoms with Gasteiger partial charge in [-0.1, -0.05) is 5.16 Å². The van der Waals surface area contributed by atoms with Gasteiger partial charge in [-0.2, -0.15) is 0 Å². The molecule has 0 aliphatic rings. The number of carbonyl (C=O) groups is 2. The molecule has 0 spiro atoms. The number of hydrogen-bond donors (Lipinski definition) is 1. The summed E-state index contributed by atoms with van der Waals surface area (Å²) in [6, 6.07) is 1.46. The molecular weight excluding hydrogens is 224 g/mol. The van der Waals surface area contributed by atoms with E-state index in [-0.39, 0.29) is 24.6 Å². The maximum atomic E-state index is 12.1. The topological polar surface area (TPSA) is 83.6 Å². The van der Waals surface area contributed by atoms with Crippen LogP contribution in [-0.2, 0) is 4.79 Å². The van der Waals surface area contributed by atoms with E-state index in [1.165, 1.54) is 17.2 Å². The molecule has 0 aromatic carbocycles. The average Bonchev–Trinajstić information content (AvgIpc) is 2.67. The second kappa shape index (κ2) is 4.99. The fourth-order valence-corrected chi connectivity index (χ4v) is 1.41. The van der Waals surface area contributed by atoms with E-state index < -0.39 is 11.5 Å². The van der Waals surface area contributed by atoms with Gasteiger partial charge in [0, 0.05) is 18.2 Å². The van der Waals surface area contributed by atoms with Crippen molar-refractivity contribution in [1.29, 1.82) is 0 Å². The van der Waals surface area contributed by atoms with Crippen LogP contribution in [0.5, 0.6) is 0 Å². The number of hydrogen-bond acceptors (Lipinski definition) is 4. The highest BCUT2D eigenvalue weighted by Crippen LogP contribution is 2.17. The molecule has 94 valence electrons. The lowest BCUT2D eigenvalue weighted by atomic mass is 10.0. The first-order chi connectivity index (χ1) is 7.82. The first-order valence-corrected chi connectivity index (χ1v) is 5.27. The van der Waals surface area contributed by atoms with E-state index in [9.17, 15) is 9.59 Å². The van der Waals surface area contributed by atoms with E-state index in [1.54, 1.807) is 0 Å². The minimum Gasteiger partial charge on any atom is -0.481 e. The van der Waals surface area contributed by atoms with Crippen LogP contribution in [0, 0.1) is 0 Å². The van der Waals surface area contributed by atoms with Gasteiger partial charge in [0.05, 0.1) is 12.6 Å². The van der Waals surface area contributed by atoms with Crippen molar-refractivity contribution in [2.45, 2.75) is 32.7 Å². The first kappa shape index (κ1) is 13.2. The molecule has 0 saturated heterocycles. The number of nitrogens with zero attached hydrogens (tertiary/aromatic N) is 2. The van der Waals surface area contributed by atoms with Crippen LogP contribution >= 0.6 is 0 Å². The van der Waals surface area contributed by atoms with Gasteiger partial charge in [0.15, 0.2) is 0 Å². The normalized spacial score (nSPS) is 11.2. The predicted octanol–water partition coefficient (Wildman–Crippen LogP) is 1.39. The number of aromatic nitrogens is 1. The summed E-state index contributed by atoms with van der Waals surface area (Å²) in [6.07, 6.45) is 1.28. The maximum absolute atomic E-state index is 12.1. The molecule has 6 nitrogen and oxygen atoms in total. The number of carboxylic acid groups (broad SMARTS) is 1. The van der Waals surface area contributed by atoms with E-state index >= 15 is 0 Å². The van der Waals surface area contributed by atoms with Gasteiger partial charge < -0.3 is 14.5 Å². The van der Waals surface area contributed by atoms with Gasteiger partial charge in [-0.25, -0.2) is 0 Å². The van der Waals surface area contributed by atoms with E-state index in [2.05, 4.69) is 5.16 Å². The SMILES string of the molecule is CC(C)(C)N(CCC(=O)O)C(=O)c1ccno1. The zero-order valence-corrected chi connectivity index (χ0v) is 10.1. The van der Waals surface area contributed by atoms with Crippen LogP contribution in [0.2, 0.25) is 0 Å². The fourth-order valence-electron chi connectivity index (χ4n) is 1.41. The molecule has 1 aromatic heterocycles. The Bertz CT molecular complexity index is 392. The van der Waals surface area contributed by atoms with E-state index in [1.807, 2.05) is 20.8 Å². The van der Waals surface area contributed by atoms with Crippen molar-refractivity contribution in [2.24, 2.45) is 0 Å². The second-order valence-electron chi connectivity index (χ2n) is 4.65. The predicted molar refractivity (Wildman–Crippen MR) is 59.5 cm³/mol. The van der Waals surface area contributed by atoms with Crippen molar-refractivity contribution >= 4 is 11.9 Å². The molecule has 0 radical (unpaired) electrons. The van der Waals surface area contributed by atoms with Crippen LogP contribution in [0.1, 0.15) is 37.7 Å². The average molecular weight is 240 g/mol. The highest BCUT2D eigenvalue weighted by Gasteiger charge is 2.29. The monoisotopic (exact) mass is 240 g/mol. The van der Waals surface area contributed by atoms with Gasteiger partial charge in [0.2, 0.25) is 5.76 Å². The van der Waals surface area contributed by atoms with E-state index in [4.69, 9.17) is 9.63 Å². The molecule has 0 unspecified atom stereocenters. The molecule has 1 rings (SSSR count). The molecule has 1 N–H and O–H groups in total. The summed E-state index contributed by atoms with van der Waals surface area (Å²) >= 11 is 0. The summed E-state index contributed by atoms with van der Waals surface area (Å²) in [6.45, 7) is 5.65. The quantitative estimate of drug-likeness (QED) is 0.859. The highest BCUT2D eigenvalue weighted by atomic mass is 16.5. The molecule has 0 aliphatic heterocycles. The minimum atomic E-state index is -0.940. The first-order valence-electron chi connectivity index (χ1n) is 5.27. The van der Waals surface area contributed by atoms with Gasteiger partial charge in [-0.05, 0) is 20.8 Å². The summed E-state index contributed by atoms with van der Waals surface area (Å²) in [4.78, 5) is 24.1. The molecule has 1 amide bonds. The molecule has 0 bridgehead atoms. The Morgan fingerprint density at radius 3 is 2.53 bits per heavy atom. The third kappa shape index (κ3) is 3.58. The lowest BCUT2D eigenvalue weighted by Gasteiger charge is -2.34. The summed E-state index contributed by atoms with van der Waals surface area (Å²) in [7, 11) is 0. The second-order valence-corrected chi connectivity index (χ2v) is 4.65. The summed E-state index contributed by atoms with van der Waals surface area (Å²) in [5.74, 6) is -1.17. The van der Waals surface area contributed by atoms with Crippen molar-refractivity contribution in [3.05, 3.63) is 18.0 Å². The number of aliphatic carboxylic acids is 1. The lowest BCUT2D eigenvalue weighted by Crippen LogP contribution is -2.46. The number of carboxylic acids is 1. The Kier molecular flexibility index (Phi) is 3.88. The van der Waals surface area contributed by atoms with Crippen LogP contribution < -0.4 is 0 Å². The van der Waals surface area contributed by atoms with Crippen molar-refractivity contribution in [3.8, 4) is 0 Å². The van der Waals surface area contributed by atoms with Gasteiger partial charge >= 0.3 is 5.97 Å². The lowest BCUT2D eigenvalue weighted by molar-refractivity contribution is -0.137. The summed E-state index contributed by atoms with van der Waals surface area (Å²) in [5, 5.41) is 12.1. The molecule has 0 aliphatic carbocycles.